The minimum Gasteiger partial charge on any atom is -0.493 e. The van der Waals surface area contributed by atoms with E-state index in [9.17, 15) is 9.90 Å². The maximum Gasteiger partial charge on any atom is 0.174 e. The molecule has 2 heterocycles. The third-order valence-corrected chi connectivity index (χ3v) is 8.10. The van der Waals surface area contributed by atoms with Crippen molar-refractivity contribution in [1.29, 1.82) is 0 Å². The number of nitrogens with zero attached hydrogens (tertiary/aromatic N) is 1. The van der Waals surface area contributed by atoms with Gasteiger partial charge in [-0.05, 0) is 49.4 Å². The SMILES string of the molecule is COc1ccc2c3c1O[C@H]1C(=O)CCC4(O)[C@@H](C2)N(CCc2ccccc2)CC[C@]314. The van der Waals surface area contributed by atoms with Gasteiger partial charge in [0.2, 0.25) is 0 Å². The monoisotopic (exact) mass is 405 g/mol. The van der Waals surface area contributed by atoms with Crippen molar-refractivity contribution >= 4 is 5.78 Å². The molecule has 156 valence electrons. The van der Waals surface area contributed by atoms with Crippen molar-refractivity contribution in [2.45, 2.75) is 55.3 Å². The number of carbonyl (C=O) groups is 1. The molecule has 1 saturated carbocycles. The lowest BCUT2D eigenvalue weighted by Gasteiger charge is -2.62. The molecule has 1 unspecified atom stereocenters. The number of aliphatic hydroxyl groups is 1. The fourth-order valence-electron chi connectivity index (χ4n) is 6.75. The normalized spacial score (nSPS) is 33.7. The summed E-state index contributed by atoms with van der Waals surface area (Å²) in [6, 6.07) is 14.6. The molecule has 4 aliphatic rings. The molecule has 5 heteroatoms. The predicted octanol–water partition coefficient (Wildman–Crippen LogP) is 2.66. The molecule has 0 radical (unpaired) electrons. The van der Waals surface area contributed by atoms with Crippen molar-refractivity contribution in [1.82, 2.24) is 4.90 Å². The van der Waals surface area contributed by atoms with E-state index in [0.29, 0.717) is 24.3 Å². The van der Waals surface area contributed by atoms with Crippen LogP contribution in [-0.2, 0) is 23.1 Å². The Labute approximate surface area is 176 Å². The Kier molecular flexibility index (Phi) is 3.87. The fourth-order valence-corrected chi connectivity index (χ4v) is 6.75. The molecule has 2 aromatic carbocycles. The number of piperidine rings is 1. The first-order valence-electron chi connectivity index (χ1n) is 11.0. The van der Waals surface area contributed by atoms with Gasteiger partial charge in [0.25, 0.3) is 0 Å². The Morgan fingerprint density at radius 1 is 1.20 bits per heavy atom. The van der Waals surface area contributed by atoms with Crippen molar-refractivity contribution in [3.63, 3.8) is 0 Å². The van der Waals surface area contributed by atoms with E-state index in [2.05, 4.69) is 35.2 Å². The number of benzene rings is 2. The number of ether oxygens (including phenoxy) is 2. The van der Waals surface area contributed by atoms with Crippen LogP contribution >= 0.6 is 0 Å². The molecular weight excluding hydrogens is 378 g/mol. The molecule has 0 aromatic heterocycles. The molecule has 2 bridgehead atoms. The number of methoxy groups -OCH3 is 1. The smallest absolute Gasteiger partial charge is 0.174 e. The standard InChI is InChI=1S/C25H27NO4/c1-29-19-8-7-17-15-20-25(28)11-9-18(27)23-24(25,21(17)22(19)30-23)12-14-26(20)13-10-16-5-3-2-4-6-16/h2-8,20,23,28H,9-15H2,1H3/t20-,23+,24+,25?/m1/s1. The zero-order valence-corrected chi connectivity index (χ0v) is 17.3. The van der Waals surface area contributed by atoms with Crippen LogP contribution in [0.15, 0.2) is 42.5 Å². The molecular formula is C25H27NO4. The zero-order chi connectivity index (χ0) is 20.5. The Morgan fingerprint density at radius 3 is 2.83 bits per heavy atom. The van der Waals surface area contributed by atoms with Gasteiger partial charge in [-0.25, -0.2) is 0 Å². The van der Waals surface area contributed by atoms with Crippen LogP contribution in [0.1, 0.15) is 36.0 Å². The van der Waals surface area contributed by atoms with Crippen LogP contribution in [0.3, 0.4) is 0 Å². The number of ketones is 1. The van der Waals surface area contributed by atoms with Gasteiger partial charge in [0, 0.05) is 24.6 Å². The van der Waals surface area contributed by atoms with Gasteiger partial charge in [0.1, 0.15) is 0 Å². The Hall–Kier alpha value is -2.37. The molecule has 2 aliphatic heterocycles. The van der Waals surface area contributed by atoms with Crippen LogP contribution in [0, 0.1) is 0 Å². The van der Waals surface area contributed by atoms with Crippen molar-refractivity contribution in [2.75, 3.05) is 20.2 Å². The highest BCUT2D eigenvalue weighted by Gasteiger charge is 2.73. The van der Waals surface area contributed by atoms with E-state index in [1.54, 1.807) is 7.11 Å². The lowest BCUT2D eigenvalue weighted by molar-refractivity contribution is -0.188. The molecule has 4 atom stereocenters. The summed E-state index contributed by atoms with van der Waals surface area (Å²) < 4.78 is 11.8. The van der Waals surface area contributed by atoms with Gasteiger partial charge in [0.05, 0.1) is 18.1 Å². The summed E-state index contributed by atoms with van der Waals surface area (Å²) in [5, 5.41) is 12.2. The van der Waals surface area contributed by atoms with Gasteiger partial charge < -0.3 is 14.6 Å². The van der Waals surface area contributed by atoms with E-state index in [-0.39, 0.29) is 11.8 Å². The summed E-state index contributed by atoms with van der Waals surface area (Å²) in [6.07, 6.45) is 2.76. The van der Waals surface area contributed by atoms with Gasteiger partial charge in [-0.2, -0.15) is 0 Å². The lowest BCUT2D eigenvalue weighted by Crippen LogP contribution is -2.76. The number of hydrogen-bond donors (Lipinski definition) is 1. The quantitative estimate of drug-likeness (QED) is 0.848. The Bertz CT molecular complexity index is 1020. The summed E-state index contributed by atoms with van der Waals surface area (Å²) >= 11 is 0. The highest BCUT2D eigenvalue weighted by Crippen LogP contribution is 2.64. The molecule has 0 amide bonds. The van der Waals surface area contributed by atoms with Crippen LogP contribution in [0.25, 0.3) is 0 Å². The van der Waals surface area contributed by atoms with E-state index in [1.165, 1.54) is 11.1 Å². The van der Waals surface area contributed by atoms with Crippen LogP contribution in [0.2, 0.25) is 0 Å². The lowest BCUT2D eigenvalue weighted by atomic mass is 9.49. The average Bonchev–Trinajstić information content (AvgIpc) is 3.12. The van der Waals surface area contributed by atoms with Crippen molar-refractivity contribution in [3.05, 3.63) is 59.2 Å². The maximum absolute atomic E-state index is 13.0. The van der Waals surface area contributed by atoms with Crippen LogP contribution < -0.4 is 9.47 Å². The summed E-state index contributed by atoms with van der Waals surface area (Å²) in [5.74, 6) is 1.46. The minimum absolute atomic E-state index is 0.000933. The number of Topliss-reactive ketones (excluding diaryl/α,β-unsaturated/α-hetero) is 1. The molecule has 2 fully saturated rings. The second-order valence-electron chi connectivity index (χ2n) is 9.23. The first-order valence-corrected chi connectivity index (χ1v) is 11.0. The van der Waals surface area contributed by atoms with Crippen molar-refractivity contribution < 1.29 is 19.4 Å². The third-order valence-electron chi connectivity index (χ3n) is 8.10. The van der Waals surface area contributed by atoms with Gasteiger partial charge in [-0.1, -0.05) is 36.4 Å². The number of likely N-dealkylation sites (tertiary alicyclic amines) is 1. The topological polar surface area (TPSA) is 59.0 Å². The van der Waals surface area contributed by atoms with E-state index >= 15 is 0 Å². The van der Waals surface area contributed by atoms with E-state index in [4.69, 9.17) is 9.47 Å². The Morgan fingerprint density at radius 2 is 2.03 bits per heavy atom. The first kappa shape index (κ1) is 18.4. The van der Waals surface area contributed by atoms with Gasteiger partial charge in [-0.15, -0.1) is 0 Å². The molecule has 5 nitrogen and oxygen atoms in total. The molecule has 1 saturated heterocycles. The van der Waals surface area contributed by atoms with E-state index in [0.717, 1.165) is 37.9 Å². The van der Waals surface area contributed by atoms with Gasteiger partial charge >= 0.3 is 0 Å². The fraction of sp³-hybridized carbons (Fsp3) is 0.480. The second kappa shape index (κ2) is 6.32. The summed E-state index contributed by atoms with van der Waals surface area (Å²) in [6.45, 7) is 1.77. The highest BCUT2D eigenvalue weighted by molar-refractivity contribution is 5.90. The molecule has 6 rings (SSSR count). The molecule has 30 heavy (non-hydrogen) atoms. The molecule has 1 spiro atoms. The molecule has 1 N–H and O–H groups in total. The van der Waals surface area contributed by atoms with Crippen molar-refractivity contribution in [2.24, 2.45) is 0 Å². The largest absolute Gasteiger partial charge is 0.493 e. The first-order chi connectivity index (χ1) is 14.6. The van der Waals surface area contributed by atoms with Crippen molar-refractivity contribution in [3.8, 4) is 11.5 Å². The summed E-state index contributed by atoms with van der Waals surface area (Å²) in [7, 11) is 1.63. The Balaban J connectivity index is 1.43. The highest BCUT2D eigenvalue weighted by atomic mass is 16.5. The van der Waals surface area contributed by atoms with Gasteiger partial charge in [0.15, 0.2) is 23.4 Å². The average molecular weight is 405 g/mol. The predicted molar refractivity (Wildman–Crippen MR) is 112 cm³/mol. The zero-order valence-electron chi connectivity index (χ0n) is 17.3. The third kappa shape index (κ3) is 2.17. The van der Waals surface area contributed by atoms with Crippen LogP contribution in [-0.4, -0.2) is 53.7 Å². The number of hydrogen-bond acceptors (Lipinski definition) is 5. The van der Waals surface area contributed by atoms with E-state index in [1.807, 2.05) is 12.1 Å². The second-order valence-corrected chi connectivity index (χ2v) is 9.23. The van der Waals surface area contributed by atoms with Crippen LogP contribution in [0.5, 0.6) is 11.5 Å². The number of carbonyl (C=O) groups excluding carboxylic acids is 1. The summed E-state index contributed by atoms with van der Waals surface area (Å²) in [5.41, 5.74) is 1.95. The molecule has 2 aliphatic carbocycles. The maximum atomic E-state index is 13.0. The minimum atomic E-state index is -0.953. The molecule has 2 aromatic rings. The van der Waals surface area contributed by atoms with Crippen LogP contribution in [0.4, 0.5) is 0 Å². The van der Waals surface area contributed by atoms with E-state index < -0.39 is 17.1 Å². The number of rotatable bonds is 4. The summed E-state index contributed by atoms with van der Waals surface area (Å²) in [4.78, 5) is 15.4. The van der Waals surface area contributed by atoms with Gasteiger partial charge in [-0.3, -0.25) is 9.69 Å².